The Morgan fingerprint density at radius 2 is 2.05 bits per heavy atom. The molecular formula is C16H20N2O2S. The molecule has 0 aromatic heterocycles. The molecule has 2 aliphatic rings. The molecular weight excluding hydrogens is 284 g/mol. The van der Waals surface area contributed by atoms with Gasteiger partial charge in [0.05, 0.1) is 5.88 Å². The molecule has 1 aliphatic carbocycles. The van der Waals surface area contributed by atoms with Crippen LogP contribution in [0.5, 0.6) is 0 Å². The van der Waals surface area contributed by atoms with Crippen LogP contribution in [-0.4, -0.2) is 34.4 Å². The number of nitrogens with one attached hydrogen (secondary N) is 1. The number of benzene rings is 1. The summed E-state index contributed by atoms with van der Waals surface area (Å²) in [6.45, 7) is 4.03. The second kappa shape index (κ2) is 5.72. The van der Waals surface area contributed by atoms with Gasteiger partial charge in [0.15, 0.2) is 0 Å². The topological polar surface area (TPSA) is 49.4 Å². The summed E-state index contributed by atoms with van der Waals surface area (Å²) in [6, 6.07) is 5.55. The third-order valence-corrected chi connectivity index (χ3v) is 5.27. The lowest BCUT2D eigenvalue weighted by atomic mass is 10.1. The average molecular weight is 304 g/mol. The maximum Gasteiger partial charge on any atom is 0.248 e. The second-order valence-electron chi connectivity index (χ2n) is 5.83. The van der Waals surface area contributed by atoms with Crippen molar-refractivity contribution >= 4 is 29.3 Å². The Kier molecular flexibility index (Phi) is 3.93. The van der Waals surface area contributed by atoms with E-state index in [4.69, 9.17) is 0 Å². The molecule has 0 spiro atoms. The van der Waals surface area contributed by atoms with E-state index >= 15 is 0 Å². The number of rotatable bonds is 3. The monoisotopic (exact) mass is 304 g/mol. The highest BCUT2D eigenvalue weighted by Crippen LogP contribution is 2.34. The Bertz CT molecular complexity index is 584. The summed E-state index contributed by atoms with van der Waals surface area (Å²) >= 11 is 1.65. The minimum absolute atomic E-state index is 0.0669. The number of carbonyl (C=O) groups is 2. The van der Waals surface area contributed by atoms with Crippen LogP contribution in [0.25, 0.3) is 0 Å². The summed E-state index contributed by atoms with van der Waals surface area (Å²) in [7, 11) is 0. The molecule has 0 bridgehead atoms. The van der Waals surface area contributed by atoms with E-state index < -0.39 is 0 Å². The molecule has 1 aromatic rings. The molecule has 3 rings (SSSR count). The highest BCUT2D eigenvalue weighted by molar-refractivity contribution is 7.99. The highest BCUT2D eigenvalue weighted by Gasteiger charge is 2.41. The minimum Gasteiger partial charge on any atom is -0.324 e. The van der Waals surface area contributed by atoms with Crippen LogP contribution >= 0.6 is 11.8 Å². The molecule has 1 aromatic carbocycles. The first-order valence-corrected chi connectivity index (χ1v) is 8.48. The van der Waals surface area contributed by atoms with Crippen LogP contribution < -0.4 is 5.32 Å². The quantitative estimate of drug-likeness (QED) is 0.933. The van der Waals surface area contributed by atoms with Gasteiger partial charge in [-0.1, -0.05) is 12.1 Å². The number of nitrogens with zero attached hydrogens (tertiary/aromatic N) is 1. The summed E-state index contributed by atoms with van der Waals surface area (Å²) in [4.78, 5) is 26.5. The summed E-state index contributed by atoms with van der Waals surface area (Å²) < 4.78 is 0. The van der Waals surface area contributed by atoms with Crippen LogP contribution in [0, 0.1) is 19.8 Å². The summed E-state index contributed by atoms with van der Waals surface area (Å²) in [6.07, 6.45) is 1.96. The smallest absolute Gasteiger partial charge is 0.248 e. The van der Waals surface area contributed by atoms with E-state index in [0.29, 0.717) is 11.6 Å². The molecule has 1 atom stereocenters. The van der Waals surface area contributed by atoms with E-state index in [2.05, 4.69) is 5.32 Å². The number of anilines is 1. The van der Waals surface area contributed by atoms with Crippen molar-refractivity contribution in [2.75, 3.05) is 16.9 Å². The zero-order chi connectivity index (χ0) is 15.0. The van der Waals surface area contributed by atoms with Crippen LogP contribution in [0.2, 0.25) is 0 Å². The number of hydrogen-bond acceptors (Lipinski definition) is 3. The normalized spacial score (nSPS) is 21.4. The molecule has 1 N–H and O–H groups in total. The third-order valence-electron chi connectivity index (χ3n) is 4.26. The van der Waals surface area contributed by atoms with Crippen molar-refractivity contribution in [3.8, 4) is 0 Å². The first kappa shape index (κ1) is 14.4. The lowest BCUT2D eigenvalue weighted by Gasteiger charge is -2.23. The van der Waals surface area contributed by atoms with Gasteiger partial charge in [-0.15, -0.1) is 11.8 Å². The van der Waals surface area contributed by atoms with Crippen LogP contribution in [0.3, 0.4) is 0 Å². The van der Waals surface area contributed by atoms with Gasteiger partial charge in [0.25, 0.3) is 0 Å². The van der Waals surface area contributed by atoms with Crippen molar-refractivity contribution < 1.29 is 9.59 Å². The molecule has 21 heavy (non-hydrogen) atoms. The maximum atomic E-state index is 12.5. The molecule has 1 saturated carbocycles. The minimum atomic E-state index is -0.331. The fourth-order valence-electron chi connectivity index (χ4n) is 2.54. The summed E-state index contributed by atoms with van der Waals surface area (Å²) in [5.74, 6) is 1.58. The van der Waals surface area contributed by atoms with Crippen LogP contribution in [0.1, 0.15) is 24.0 Å². The van der Waals surface area contributed by atoms with Gasteiger partial charge >= 0.3 is 0 Å². The Labute approximate surface area is 129 Å². The van der Waals surface area contributed by atoms with Gasteiger partial charge in [0, 0.05) is 17.4 Å². The standard InChI is InChI=1S/C16H20N2O2S/c1-10-4-3-5-13(11(10)2)17-15(19)14-8-21-9-18(14)16(20)12-6-7-12/h3-5,12,14H,6-9H2,1-2H3,(H,17,19). The Morgan fingerprint density at radius 3 is 2.76 bits per heavy atom. The molecule has 1 saturated heterocycles. The van der Waals surface area contributed by atoms with E-state index in [9.17, 15) is 9.59 Å². The Balaban J connectivity index is 1.72. The largest absolute Gasteiger partial charge is 0.324 e. The molecule has 112 valence electrons. The number of aryl methyl sites for hydroxylation is 1. The van der Waals surface area contributed by atoms with Crippen LogP contribution in [-0.2, 0) is 9.59 Å². The maximum absolute atomic E-state index is 12.5. The van der Waals surface area contributed by atoms with Crippen molar-refractivity contribution in [1.29, 1.82) is 0 Å². The van der Waals surface area contributed by atoms with Crippen LogP contribution in [0.15, 0.2) is 18.2 Å². The first-order valence-electron chi connectivity index (χ1n) is 7.33. The number of amides is 2. The molecule has 5 heteroatoms. The van der Waals surface area contributed by atoms with E-state index in [0.717, 1.165) is 29.7 Å². The zero-order valence-electron chi connectivity index (χ0n) is 12.4. The van der Waals surface area contributed by atoms with E-state index in [1.165, 1.54) is 0 Å². The fraction of sp³-hybridized carbons (Fsp3) is 0.500. The third kappa shape index (κ3) is 2.93. The zero-order valence-corrected chi connectivity index (χ0v) is 13.2. The van der Waals surface area contributed by atoms with E-state index in [-0.39, 0.29) is 23.8 Å². The molecule has 4 nitrogen and oxygen atoms in total. The SMILES string of the molecule is Cc1cccc(NC(=O)C2CSCN2C(=O)C2CC2)c1C. The van der Waals surface area contributed by atoms with Gasteiger partial charge in [-0.05, 0) is 43.9 Å². The van der Waals surface area contributed by atoms with Crippen molar-refractivity contribution in [2.24, 2.45) is 5.92 Å². The highest BCUT2D eigenvalue weighted by atomic mass is 32.2. The number of hydrogen-bond donors (Lipinski definition) is 1. The van der Waals surface area contributed by atoms with E-state index in [1.807, 2.05) is 32.0 Å². The van der Waals surface area contributed by atoms with E-state index in [1.54, 1.807) is 16.7 Å². The predicted octanol–water partition coefficient (Wildman–Crippen LogP) is 2.55. The van der Waals surface area contributed by atoms with Gasteiger partial charge in [-0.25, -0.2) is 0 Å². The van der Waals surface area contributed by atoms with Gasteiger partial charge in [0.2, 0.25) is 11.8 Å². The van der Waals surface area contributed by atoms with Crippen LogP contribution in [0.4, 0.5) is 5.69 Å². The van der Waals surface area contributed by atoms with Gasteiger partial charge in [0.1, 0.15) is 6.04 Å². The van der Waals surface area contributed by atoms with Crippen molar-refractivity contribution in [1.82, 2.24) is 4.90 Å². The fourth-order valence-corrected chi connectivity index (χ4v) is 3.71. The average Bonchev–Trinajstić information content (AvgIpc) is 3.19. The second-order valence-corrected chi connectivity index (χ2v) is 6.83. The Morgan fingerprint density at radius 1 is 1.29 bits per heavy atom. The van der Waals surface area contributed by atoms with Gasteiger partial charge in [-0.2, -0.15) is 0 Å². The first-order chi connectivity index (χ1) is 10.1. The van der Waals surface area contributed by atoms with Gasteiger partial charge < -0.3 is 10.2 Å². The molecule has 1 heterocycles. The lowest BCUT2D eigenvalue weighted by Crippen LogP contribution is -2.45. The molecule has 2 amide bonds. The lowest BCUT2D eigenvalue weighted by molar-refractivity contribution is -0.137. The summed E-state index contributed by atoms with van der Waals surface area (Å²) in [5.41, 5.74) is 3.08. The number of thioether (sulfide) groups is 1. The molecule has 1 aliphatic heterocycles. The molecule has 2 fully saturated rings. The van der Waals surface area contributed by atoms with Crippen molar-refractivity contribution in [2.45, 2.75) is 32.7 Å². The Hall–Kier alpha value is -1.49. The number of carbonyl (C=O) groups excluding carboxylic acids is 2. The van der Waals surface area contributed by atoms with Gasteiger partial charge in [-0.3, -0.25) is 9.59 Å². The van der Waals surface area contributed by atoms with Crippen molar-refractivity contribution in [3.05, 3.63) is 29.3 Å². The summed E-state index contributed by atoms with van der Waals surface area (Å²) in [5, 5.41) is 2.99. The predicted molar refractivity (Wildman–Crippen MR) is 85.2 cm³/mol. The molecule has 1 unspecified atom stereocenters. The molecule has 0 radical (unpaired) electrons. The van der Waals surface area contributed by atoms with Crippen molar-refractivity contribution in [3.63, 3.8) is 0 Å².